The minimum atomic E-state index is -1.80. The van der Waals surface area contributed by atoms with Gasteiger partial charge in [-0.2, -0.15) is 0 Å². The summed E-state index contributed by atoms with van der Waals surface area (Å²) < 4.78 is 37.5. The van der Waals surface area contributed by atoms with Crippen LogP contribution in [0.25, 0.3) is 0 Å². The maximum absolute atomic E-state index is 14.2. The Hall–Kier alpha value is -2.52. The van der Waals surface area contributed by atoms with Crippen LogP contribution in [0.5, 0.6) is 5.75 Å². The number of phenols is 1. The van der Waals surface area contributed by atoms with Crippen LogP contribution in [0.3, 0.4) is 0 Å². The SMILES string of the molecule is CC[C@H]1OC(=O)[C@H](C)[C@@H](O[C@H]2C[C@@](C)(OC)[C@@H](O)[C@H](C)O2)[C@H](C)[C@@H](O[C@@H]2O[C@H](C)C[C@H](N(C)C)[C@H]2O)[C@](C)(O)C[C@@H](C)CN(C)[C@H](C)[C@@H](O)[C@]1(C)O.NC(=O)c1ccccc1O. The number of rotatable bonds is 8. The van der Waals surface area contributed by atoms with Crippen molar-refractivity contribution in [2.75, 3.05) is 34.8 Å². The first kappa shape index (κ1) is 53.8. The van der Waals surface area contributed by atoms with Gasteiger partial charge in [0, 0.05) is 38.1 Å². The molecule has 3 heterocycles. The number of hydrogen-bond donors (Lipinski definition) is 7. The van der Waals surface area contributed by atoms with Crippen molar-refractivity contribution in [1.82, 2.24) is 9.80 Å². The summed E-state index contributed by atoms with van der Waals surface area (Å²) in [6.45, 7) is 18.0. The molecule has 3 aliphatic rings. The lowest BCUT2D eigenvalue weighted by molar-refractivity contribution is -0.318. The number of aliphatic hydroxyl groups is 5. The Morgan fingerprint density at radius 3 is 2.11 bits per heavy atom. The third kappa shape index (κ3) is 12.8. The molecule has 3 fully saturated rings. The fourth-order valence-electron chi connectivity index (χ4n) is 9.42. The lowest BCUT2D eigenvalue weighted by Gasteiger charge is -2.48. The molecule has 0 bridgehead atoms. The van der Waals surface area contributed by atoms with Gasteiger partial charge in [-0.1, -0.05) is 32.9 Å². The van der Waals surface area contributed by atoms with E-state index in [2.05, 4.69) is 0 Å². The second kappa shape index (κ2) is 22.1. The molecule has 358 valence electrons. The number of carbonyl (C=O) groups is 2. The monoisotopic (exact) mass is 886 g/mol. The number of primary amides is 1. The zero-order valence-corrected chi connectivity index (χ0v) is 39.4. The van der Waals surface area contributed by atoms with E-state index in [1.54, 1.807) is 53.7 Å². The second-order valence-electron chi connectivity index (χ2n) is 19.0. The summed E-state index contributed by atoms with van der Waals surface area (Å²) in [6, 6.07) is 5.34. The third-order valence-corrected chi connectivity index (χ3v) is 13.4. The van der Waals surface area contributed by atoms with Crippen molar-refractivity contribution < 1.29 is 68.6 Å². The van der Waals surface area contributed by atoms with E-state index < -0.39 is 102 Å². The van der Waals surface area contributed by atoms with Gasteiger partial charge in [-0.25, -0.2) is 0 Å². The standard InChI is InChI=1S/C38H72N2O12.C7H7NO2/c1-15-27-38(10,46)31(42)24(6)40(13)19-20(2)17-36(8,45)33(52-35-29(41)26(39(11)12)16-21(3)48-35)22(4)30(23(5)34(44)50-27)51-28-18-37(9,47-14)32(43)25(7)49-28;8-7(10)5-3-1-2-4-6(5)9/h20-33,35,41-43,45-46H,15-19H2,1-14H3;1-4,9H,(H2,8,10)/t20-,21-,22+,23-,24-,25+,26+,27-,28+,29-,30+,31-,32+,33-,35+,36-,37-,38-;/m1./s1. The molecule has 1 aromatic carbocycles. The number of nitrogens with two attached hydrogens (primary N) is 1. The Morgan fingerprint density at radius 2 is 1.58 bits per heavy atom. The summed E-state index contributed by atoms with van der Waals surface area (Å²) >= 11 is 0. The molecule has 3 aliphatic heterocycles. The van der Waals surface area contributed by atoms with Crippen LogP contribution in [0, 0.1) is 17.8 Å². The van der Waals surface area contributed by atoms with Crippen LogP contribution >= 0.6 is 0 Å². The molecular weight excluding hydrogens is 807 g/mol. The number of cyclic esters (lactones) is 1. The van der Waals surface area contributed by atoms with E-state index in [0.29, 0.717) is 13.0 Å². The molecule has 0 aromatic heterocycles. The van der Waals surface area contributed by atoms with Gasteiger partial charge in [-0.05, 0) is 107 Å². The Labute approximate surface area is 368 Å². The number of benzene rings is 1. The molecule has 0 saturated carbocycles. The number of aromatic hydroxyl groups is 1. The summed E-state index contributed by atoms with van der Waals surface area (Å²) in [5.74, 6) is -3.27. The predicted molar refractivity (Wildman–Crippen MR) is 231 cm³/mol. The van der Waals surface area contributed by atoms with Gasteiger partial charge >= 0.3 is 5.97 Å². The van der Waals surface area contributed by atoms with Gasteiger partial charge in [0.25, 0.3) is 5.91 Å². The quantitative estimate of drug-likeness (QED) is 0.185. The molecular formula is C45H79N3O14. The fourth-order valence-corrected chi connectivity index (χ4v) is 9.42. The van der Waals surface area contributed by atoms with Crippen molar-refractivity contribution in [2.24, 2.45) is 23.5 Å². The molecule has 4 rings (SSSR count). The molecule has 62 heavy (non-hydrogen) atoms. The van der Waals surface area contributed by atoms with E-state index in [1.807, 2.05) is 51.7 Å². The van der Waals surface area contributed by atoms with E-state index in [4.69, 9.17) is 39.3 Å². The lowest BCUT2D eigenvalue weighted by atomic mass is 9.77. The van der Waals surface area contributed by atoms with Crippen molar-refractivity contribution in [3.8, 4) is 5.75 Å². The normalized spacial score (nSPS) is 43.1. The summed E-state index contributed by atoms with van der Waals surface area (Å²) in [5.41, 5.74) is 0.696. The number of likely N-dealkylation sites (N-methyl/N-ethyl adjacent to an activating group) is 2. The van der Waals surface area contributed by atoms with Crippen LogP contribution < -0.4 is 5.73 Å². The Bertz CT molecular complexity index is 1580. The van der Waals surface area contributed by atoms with Crippen LogP contribution in [0.1, 0.15) is 105 Å². The maximum Gasteiger partial charge on any atom is 0.311 e. The summed E-state index contributed by atoms with van der Waals surface area (Å²) in [5, 5.41) is 67.1. The minimum absolute atomic E-state index is 0.0741. The van der Waals surface area contributed by atoms with Crippen molar-refractivity contribution in [3.63, 3.8) is 0 Å². The number of ether oxygens (including phenoxy) is 6. The Morgan fingerprint density at radius 1 is 0.968 bits per heavy atom. The molecule has 3 saturated heterocycles. The Balaban J connectivity index is 0.000000895. The lowest BCUT2D eigenvalue weighted by Crippen LogP contribution is -2.60. The van der Waals surface area contributed by atoms with Crippen LogP contribution in [0.2, 0.25) is 0 Å². The van der Waals surface area contributed by atoms with Gasteiger partial charge in [-0.3, -0.25) is 9.59 Å². The van der Waals surface area contributed by atoms with Crippen LogP contribution in [0.4, 0.5) is 0 Å². The minimum Gasteiger partial charge on any atom is -0.507 e. The van der Waals surface area contributed by atoms with E-state index in [0.717, 1.165) is 0 Å². The molecule has 1 amide bonds. The van der Waals surface area contributed by atoms with E-state index in [-0.39, 0.29) is 48.6 Å². The topological polar surface area (TPSA) is 243 Å². The van der Waals surface area contributed by atoms with Crippen molar-refractivity contribution in [3.05, 3.63) is 29.8 Å². The van der Waals surface area contributed by atoms with Crippen molar-refractivity contribution in [2.45, 2.75) is 185 Å². The summed E-state index contributed by atoms with van der Waals surface area (Å²) in [4.78, 5) is 28.5. The molecule has 18 atom stereocenters. The van der Waals surface area contributed by atoms with Gasteiger partial charge in [-0.15, -0.1) is 0 Å². The highest BCUT2D eigenvalue weighted by Gasteiger charge is 2.52. The number of aliphatic hydroxyl groups excluding tert-OH is 3. The number of nitrogens with zero attached hydrogens (tertiary/aromatic N) is 2. The first-order chi connectivity index (χ1) is 28.6. The summed E-state index contributed by atoms with van der Waals surface area (Å²) in [6.07, 6.45) is -8.19. The number of hydrogen-bond acceptors (Lipinski definition) is 16. The first-order valence-electron chi connectivity index (χ1n) is 21.9. The molecule has 0 radical (unpaired) electrons. The molecule has 8 N–H and O–H groups in total. The van der Waals surface area contributed by atoms with E-state index in [1.165, 1.54) is 26.2 Å². The van der Waals surface area contributed by atoms with Crippen LogP contribution in [-0.2, 0) is 33.2 Å². The molecule has 17 heteroatoms. The zero-order chi connectivity index (χ0) is 47.2. The predicted octanol–water partition coefficient (Wildman–Crippen LogP) is 2.39. The van der Waals surface area contributed by atoms with Gasteiger partial charge in [0.2, 0.25) is 0 Å². The largest absolute Gasteiger partial charge is 0.507 e. The molecule has 0 aliphatic carbocycles. The van der Waals surface area contributed by atoms with Crippen LogP contribution in [-0.4, -0.2) is 177 Å². The zero-order valence-electron chi connectivity index (χ0n) is 39.4. The van der Waals surface area contributed by atoms with Gasteiger partial charge in [0.1, 0.15) is 35.8 Å². The maximum atomic E-state index is 14.2. The van der Waals surface area contributed by atoms with Crippen molar-refractivity contribution >= 4 is 11.9 Å². The highest BCUT2D eigenvalue weighted by Crippen LogP contribution is 2.40. The summed E-state index contributed by atoms with van der Waals surface area (Å²) in [7, 11) is 7.12. The average molecular weight is 886 g/mol. The smallest absolute Gasteiger partial charge is 0.311 e. The van der Waals surface area contributed by atoms with Gasteiger partial charge < -0.3 is 74.6 Å². The van der Waals surface area contributed by atoms with E-state index >= 15 is 0 Å². The number of methoxy groups -OCH3 is 1. The second-order valence-corrected chi connectivity index (χ2v) is 19.0. The van der Waals surface area contributed by atoms with Gasteiger partial charge in [0.15, 0.2) is 12.6 Å². The average Bonchev–Trinajstić information content (AvgIpc) is 3.19. The molecule has 0 unspecified atom stereocenters. The number of esters is 1. The molecule has 17 nitrogen and oxygen atoms in total. The van der Waals surface area contributed by atoms with Crippen molar-refractivity contribution in [1.29, 1.82) is 0 Å². The fraction of sp³-hybridized carbons (Fsp3) is 0.822. The van der Waals surface area contributed by atoms with Gasteiger partial charge in [0.05, 0.1) is 47.1 Å². The highest BCUT2D eigenvalue weighted by atomic mass is 16.7. The first-order valence-corrected chi connectivity index (χ1v) is 21.9. The number of carbonyl (C=O) groups excluding carboxylic acids is 2. The molecule has 0 spiro atoms. The highest BCUT2D eigenvalue weighted by molar-refractivity contribution is 5.95. The number of amides is 1. The van der Waals surface area contributed by atoms with Crippen LogP contribution in [0.15, 0.2) is 24.3 Å². The number of para-hydroxylation sites is 1. The van der Waals surface area contributed by atoms with E-state index in [9.17, 15) is 35.1 Å². The third-order valence-electron chi connectivity index (χ3n) is 13.4. The molecule has 1 aromatic rings. The Kier molecular flexibility index (Phi) is 19.2.